The van der Waals surface area contributed by atoms with Crippen molar-refractivity contribution in [2.75, 3.05) is 18.5 Å². The Hall–Kier alpha value is -3.53. The number of benzene rings is 1. The van der Waals surface area contributed by atoms with Crippen LogP contribution in [0.5, 0.6) is 0 Å². The molecule has 1 unspecified atom stereocenters. The predicted molar refractivity (Wildman–Crippen MR) is 125 cm³/mol. The molecule has 1 aromatic carbocycles. The first-order valence-electron chi connectivity index (χ1n) is 11.0. The molecule has 1 aliphatic heterocycles. The maximum atomic E-state index is 11.5. The van der Waals surface area contributed by atoms with Crippen molar-refractivity contribution in [3.05, 3.63) is 65.7 Å². The zero-order valence-electron chi connectivity index (χ0n) is 18.6. The monoisotopic (exact) mass is 446 g/mol. The molecule has 1 atom stereocenters. The third-order valence-electron chi connectivity index (χ3n) is 5.89. The molecule has 0 saturated carbocycles. The van der Waals surface area contributed by atoms with Crippen LogP contribution in [0.4, 0.5) is 11.6 Å². The molecule has 3 aromatic heterocycles. The van der Waals surface area contributed by atoms with E-state index in [0.717, 1.165) is 46.4 Å². The lowest BCUT2D eigenvalue weighted by molar-refractivity contribution is -0.118. The first kappa shape index (κ1) is 21.3. The van der Waals surface area contributed by atoms with Gasteiger partial charge in [0, 0.05) is 53.5 Å². The number of fused-ring (bicyclic) bond motifs is 1. The number of hydrogen-bond acceptors (Lipinski definition) is 7. The molecular weight excluding hydrogens is 420 g/mol. The minimum atomic E-state index is -0.440. The number of hydrogen-bond donors (Lipinski definition) is 2. The van der Waals surface area contributed by atoms with E-state index in [1.54, 1.807) is 11.3 Å². The van der Waals surface area contributed by atoms with Gasteiger partial charge >= 0.3 is 0 Å². The van der Waals surface area contributed by atoms with E-state index in [2.05, 4.69) is 26.8 Å². The first-order valence-corrected chi connectivity index (χ1v) is 11.0. The molecule has 0 spiro atoms. The fraction of sp³-hybridized carbons (Fsp3) is 0.292. The van der Waals surface area contributed by atoms with Gasteiger partial charge < -0.3 is 19.6 Å². The van der Waals surface area contributed by atoms with Gasteiger partial charge in [0.1, 0.15) is 5.82 Å². The van der Waals surface area contributed by atoms with Gasteiger partial charge in [0.2, 0.25) is 5.95 Å². The molecule has 33 heavy (non-hydrogen) atoms. The van der Waals surface area contributed by atoms with Crippen LogP contribution >= 0.6 is 0 Å². The van der Waals surface area contributed by atoms with Gasteiger partial charge in [-0.05, 0) is 49.2 Å². The predicted octanol–water partition coefficient (Wildman–Crippen LogP) is 3.21. The molecule has 2 N–H and O–H groups in total. The molecular formula is C24H26N6O3. The fourth-order valence-corrected chi connectivity index (χ4v) is 4.17. The van der Waals surface area contributed by atoms with E-state index in [4.69, 9.17) is 4.84 Å². The number of rotatable bonds is 7. The van der Waals surface area contributed by atoms with Crippen molar-refractivity contribution in [3.63, 3.8) is 0 Å². The van der Waals surface area contributed by atoms with Crippen molar-refractivity contribution in [3.8, 4) is 5.82 Å². The molecule has 1 aliphatic rings. The average molecular weight is 447 g/mol. The summed E-state index contributed by atoms with van der Waals surface area (Å²) >= 11 is 0. The lowest BCUT2D eigenvalue weighted by Gasteiger charge is -2.12. The molecule has 0 amide bonds. The third kappa shape index (κ3) is 4.25. The second-order valence-corrected chi connectivity index (χ2v) is 8.23. The molecule has 5 rings (SSSR count). The summed E-state index contributed by atoms with van der Waals surface area (Å²) in [4.78, 5) is 26.0. The van der Waals surface area contributed by atoms with Gasteiger partial charge in [-0.25, -0.2) is 4.98 Å². The smallest absolute Gasteiger partial charge is 0.229 e. The Labute approximate surface area is 191 Å². The van der Waals surface area contributed by atoms with Crippen LogP contribution in [-0.2, 0) is 17.9 Å². The van der Waals surface area contributed by atoms with E-state index in [0.29, 0.717) is 31.2 Å². The number of nitrogens with one attached hydrogen (secondary N) is 1. The van der Waals surface area contributed by atoms with E-state index >= 15 is 0 Å². The Morgan fingerprint density at radius 1 is 1.27 bits per heavy atom. The van der Waals surface area contributed by atoms with Crippen LogP contribution in [-0.4, -0.2) is 54.8 Å². The summed E-state index contributed by atoms with van der Waals surface area (Å²) in [5.41, 5.74) is 4.70. The number of carbonyl (C=O) groups is 1. The van der Waals surface area contributed by atoms with Crippen LogP contribution in [0, 0.1) is 6.92 Å². The highest BCUT2D eigenvalue weighted by Gasteiger charge is 2.22. The van der Waals surface area contributed by atoms with E-state index < -0.39 is 6.10 Å². The molecule has 4 aromatic rings. The molecule has 1 fully saturated rings. The standard InChI is InChI=1S/C24H26N6O3/c1-3-28-11-18(14-31)21-8-19(4-5-22(21)28)26-24-25-7-6-23(27-24)29-9-16(2)17(10-29)12-30-13-20(32)15-33-30/h4-11,14,20,32H,3,12-13,15H2,1-2H3,(H,25,26,27). The quantitative estimate of drug-likeness (QED) is 0.421. The van der Waals surface area contributed by atoms with Gasteiger partial charge in [0.25, 0.3) is 0 Å². The van der Waals surface area contributed by atoms with Crippen molar-refractivity contribution in [1.82, 2.24) is 24.2 Å². The summed E-state index contributed by atoms with van der Waals surface area (Å²) in [7, 11) is 0. The zero-order chi connectivity index (χ0) is 22.9. The van der Waals surface area contributed by atoms with Crippen molar-refractivity contribution >= 4 is 28.8 Å². The Morgan fingerprint density at radius 2 is 2.15 bits per heavy atom. The number of aldehydes is 1. The molecule has 9 heteroatoms. The summed E-state index contributed by atoms with van der Waals surface area (Å²) in [6.45, 7) is 6.33. The zero-order valence-corrected chi connectivity index (χ0v) is 18.6. The summed E-state index contributed by atoms with van der Waals surface area (Å²) in [5.74, 6) is 1.20. The van der Waals surface area contributed by atoms with Gasteiger partial charge in [0.15, 0.2) is 6.29 Å². The second-order valence-electron chi connectivity index (χ2n) is 8.23. The molecule has 0 radical (unpaired) electrons. The Balaban J connectivity index is 1.38. The Bertz CT molecular complexity index is 1310. The Kier molecular flexibility index (Phi) is 5.67. The van der Waals surface area contributed by atoms with Crippen molar-refractivity contribution < 1.29 is 14.7 Å². The number of carbonyl (C=O) groups excluding carboxylic acids is 1. The number of aliphatic hydroxyl groups is 1. The van der Waals surface area contributed by atoms with Crippen molar-refractivity contribution in [2.24, 2.45) is 0 Å². The largest absolute Gasteiger partial charge is 0.389 e. The number of aryl methyl sites for hydroxylation is 2. The summed E-state index contributed by atoms with van der Waals surface area (Å²) in [5, 5.41) is 15.6. The molecule has 0 aliphatic carbocycles. The lowest BCUT2D eigenvalue weighted by atomic mass is 10.1. The number of aromatic nitrogens is 4. The van der Waals surface area contributed by atoms with Crippen LogP contribution in [0.25, 0.3) is 16.7 Å². The number of β-amino-alcohol motifs (C(OH)–C–C–N with tert-alkyl or cyclic N) is 1. The number of anilines is 2. The van der Waals surface area contributed by atoms with Crippen LogP contribution in [0.15, 0.2) is 49.1 Å². The normalized spacial score (nSPS) is 16.5. The van der Waals surface area contributed by atoms with E-state index in [-0.39, 0.29) is 0 Å². The van der Waals surface area contributed by atoms with Gasteiger partial charge in [-0.1, -0.05) is 0 Å². The molecule has 4 heterocycles. The molecule has 9 nitrogen and oxygen atoms in total. The highest BCUT2D eigenvalue weighted by molar-refractivity contribution is 5.99. The van der Waals surface area contributed by atoms with Gasteiger partial charge in [-0.2, -0.15) is 10.0 Å². The maximum absolute atomic E-state index is 11.5. The Morgan fingerprint density at radius 3 is 2.91 bits per heavy atom. The minimum Gasteiger partial charge on any atom is -0.389 e. The van der Waals surface area contributed by atoms with Gasteiger partial charge in [-0.15, -0.1) is 0 Å². The van der Waals surface area contributed by atoms with E-state index in [1.165, 1.54) is 0 Å². The highest BCUT2D eigenvalue weighted by atomic mass is 16.7. The summed E-state index contributed by atoms with van der Waals surface area (Å²) in [6.07, 6.45) is 8.07. The van der Waals surface area contributed by atoms with E-state index in [1.807, 2.05) is 54.3 Å². The minimum absolute atomic E-state index is 0.337. The van der Waals surface area contributed by atoms with Crippen LogP contribution in [0.2, 0.25) is 0 Å². The topological polar surface area (TPSA) is 97.4 Å². The number of aliphatic hydroxyl groups excluding tert-OH is 1. The highest BCUT2D eigenvalue weighted by Crippen LogP contribution is 2.26. The van der Waals surface area contributed by atoms with Gasteiger partial charge in [-0.3, -0.25) is 9.63 Å². The SMILES string of the molecule is CCn1cc(C=O)c2cc(Nc3nccc(-n4cc(C)c(CN5CC(O)CO5)c4)n3)ccc21. The van der Waals surface area contributed by atoms with Crippen LogP contribution in [0.1, 0.15) is 28.4 Å². The second kappa shape index (κ2) is 8.78. The lowest BCUT2D eigenvalue weighted by Crippen LogP contribution is -2.20. The average Bonchev–Trinajstić information content (AvgIpc) is 3.50. The first-order chi connectivity index (χ1) is 16.0. The molecule has 170 valence electrons. The number of nitrogens with zero attached hydrogens (tertiary/aromatic N) is 5. The fourth-order valence-electron chi connectivity index (χ4n) is 4.17. The van der Waals surface area contributed by atoms with E-state index in [9.17, 15) is 9.90 Å². The number of hydroxylamine groups is 2. The summed E-state index contributed by atoms with van der Waals surface area (Å²) < 4.78 is 4.01. The van der Waals surface area contributed by atoms with Crippen LogP contribution in [0.3, 0.4) is 0 Å². The van der Waals surface area contributed by atoms with Gasteiger partial charge in [0.05, 0.1) is 25.8 Å². The summed E-state index contributed by atoms with van der Waals surface area (Å²) in [6, 6.07) is 7.75. The molecule has 0 bridgehead atoms. The molecule has 1 saturated heterocycles. The van der Waals surface area contributed by atoms with Crippen molar-refractivity contribution in [2.45, 2.75) is 33.0 Å². The van der Waals surface area contributed by atoms with Crippen LogP contribution < -0.4 is 5.32 Å². The third-order valence-corrected chi connectivity index (χ3v) is 5.89. The van der Waals surface area contributed by atoms with Crippen molar-refractivity contribution in [1.29, 1.82) is 0 Å². The maximum Gasteiger partial charge on any atom is 0.229 e.